The average molecular weight is 508 g/mol. The molecule has 1 aliphatic rings. The molecule has 1 fully saturated rings. The zero-order chi connectivity index (χ0) is 20.9. The molecule has 0 aliphatic heterocycles. The van der Waals surface area contributed by atoms with E-state index in [2.05, 4.69) is 51.8 Å². The van der Waals surface area contributed by atoms with Gasteiger partial charge in [-0.2, -0.15) is 0 Å². The van der Waals surface area contributed by atoms with Crippen LogP contribution in [-0.4, -0.2) is 28.8 Å². The Hall–Kier alpha value is -1.67. The molecule has 29 heavy (non-hydrogen) atoms. The standard InChI is InChI=1S/C23H29IN2O3/c1-23(2,3)29-22(27)26(21-6-4-5-15-25-21)19-11-13-20(14-12-19)28-16-17-7-9-18(24)10-8-17/h4-10,15,19-20H,11-14,16H2,1-3H3/t19-,20+. The fourth-order valence-electron chi connectivity index (χ4n) is 3.50. The molecule has 1 heterocycles. The van der Waals surface area contributed by atoms with E-state index in [1.165, 1.54) is 9.13 Å². The van der Waals surface area contributed by atoms with Crippen LogP contribution in [0.3, 0.4) is 0 Å². The number of halogens is 1. The van der Waals surface area contributed by atoms with E-state index in [0.717, 1.165) is 25.7 Å². The quantitative estimate of drug-likeness (QED) is 0.468. The van der Waals surface area contributed by atoms with Crippen LogP contribution in [0.5, 0.6) is 0 Å². The third-order valence-corrected chi connectivity index (χ3v) is 5.61. The van der Waals surface area contributed by atoms with Crippen molar-refractivity contribution in [3.63, 3.8) is 0 Å². The average Bonchev–Trinajstić information content (AvgIpc) is 2.68. The number of benzene rings is 1. The number of carbonyl (C=O) groups is 1. The molecule has 0 spiro atoms. The van der Waals surface area contributed by atoms with Crippen molar-refractivity contribution >= 4 is 34.5 Å². The maximum absolute atomic E-state index is 12.9. The third-order valence-electron chi connectivity index (χ3n) is 4.89. The fourth-order valence-corrected chi connectivity index (χ4v) is 3.86. The van der Waals surface area contributed by atoms with Crippen LogP contribution in [-0.2, 0) is 16.1 Å². The minimum absolute atomic E-state index is 0.0675. The van der Waals surface area contributed by atoms with Gasteiger partial charge in [0.2, 0.25) is 0 Å². The summed E-state index contributed by atoms with van der Waals surface area (Å²) in [7, 11) is 0. The van der Waals surface area contributed by atoms with E-state index >= 15 is 0 Å². The SMILES string of the molecule is CC(C)(C)OC(=O)N(c1ccccn1)[C@H]1CC[C@@H](OCc2ccc(I)cc2)CC1. The summed E-state index contributed by atoms with van der Waals surface area (Å²) < 4.78 is 13.0. The Bertz CT molecular complexity index is 782. The van der Waals surface area contributed by atoms with Gasteiger partial charge in [-0.3, -0.25) is 4.90 Å². The summed E-state index contributed by atoms with van der Waals surface area (Å²) in [5.74, 6) is 0.644. The molecule has 1 aromatic heterocycles. The Balaban J connectivity index is 1.60. The molecule has 1 aliphatic carbocycles. The second-order valence-electron chi connectivity index (χ2n) is 8.41. The van der Waals surface area contributed by atoms with E-state index < -0.39 is 5.60 Å². The molecule has 6 heteroatoms. The number of nitrogens with zero attached hydrogens (tertiary/aromatic N) is 2. The lowest BCUT2D eigenvalue weighted by molar-refractivity contribution is 0.0114. The van der Waals surface area contributed by atoms with Gasteiger partial charge in [-0.25, -0.2) is 9.78 Å². The molecule has 1 amide bonds. The monoisotopic (exact) mass is 508 g/mol. The van der Waals surface area contributed by atoms with Crippen molar-refractivity contribution in [3.05, 3.63) is 57.8 Å². The van der Waals surface area contributed by atoms with Crippen LogP contribution in [0.25, 0.3) is 0 Å². The van der Waals surface area contributed by atoms with Crippen LogP contribution in [0.4, 0.5) is 10.6 Å². The molecule has 1 saturated carbocycles. The van der Waals surface area contributed by atoms with Gasteiger partial charge in [0.25, 0.3) is 0 Å². The summed E-state index contributed by atoms with van der Waals surface area (Å²) in [5.41, 5.74) is 0.647. The fraction of sp³-hybridized carbons (Fsp3) is 0.478. The lowest BCUT2D eigenvalue weighted by Gasteiger charge is -2.37. The molecular formula is C23H29IN2O3. The predicted octanol–water partition coefficient (Wildman–Crippen LogP) is 5.96. The lowest BCUT2D eigenvalue weighted by Crippen LogP contribution is -2.46. The zero-order valence-corrected chi connectivity index (χ0v) is 19.5. The molecule has 0 radical (unpaired) electrons. The highest BCUT2D eigenvalue weighted by atomic mass is 127. The maximum atomic E-state index is 12.9. The van der Waals surface area contributed by atoms with Crippen LogP contribution < -0.4 is 4.90 Å². The number of rotatable bonds is 5. The van der Waals surface area contributed by atoms with E-state index in [-0.39, 0.29) is 18.2 Å². The number of hydrogen-bond acceptors (Lipinski definition) is 4. The van der Waals surface area contributed by atoms with E-state index in [1.807, 2.05) is 39.0 Å². The number of ether oxygens (including phenoxy) is 2. The first-order valence-electron chi connectivity index (χ1n) is 10.1. The lowest BCUT2D eigenvalue weighted by atomic mass is 9.92. The predicted molar refractivity (Wildman–Crippen MR) is 123 cm³/mol. The van der Waals surface area contributed by atoms with Gasteiger partial charge in [-0.05, 0) is 98.9 Å². The highest BCUT2D eigenvalue weighted by Crippen LogP contribution is 2.30. The molecule has 3 rings (SSSR count). The minimum Gasteiger partial charge on any atom is -0.443 e. The second kappa shape index (κ2) is 9.89. The topological polar surface area (TPSA) is 51.7 Å². The number of aromatic nitrogens is 1. The van der Waals surface area contributed by atoms with E-state index in [0.29, 0.717) is 12.4 Å². The molecule has 0 unspecified atom stereocenters. The molecular weight excluding hydrogens is 479 g/mol. The Morgan fingerprint density at radius 2 is 1.79 bits per heavy atom. The Kier molecular flexibility index (Phi) is 7.51. The smallest absolute Gasteiger partial charge is 0.416 e. The van der Waals surface area contributed by atoms with Crippen LogP contribution in [0.2, 0.25) is 0 Å². The van der Waals surface area contributed by atoms with Crippen molar-refractivity contribution in [3.8, 4) is 0 Å². The number of hydrogen-bond donors (Lipinski definition) is 0. The van der Waals surface area contributed by atoms with Gasteiger partial charge >= 0.3 is 6.09 Å². The Labute approximate surface area is 186 Å². The molecule has 1 aromatic carbocycles. The summed E-state index contributed by atoms with van der Waals surface area (Å²) >= 11 is 2.31. The Morgan fingerprint density at radius 1 is 1.10 bits per heavy atom. The van der Waals surface area contributed by atoms with Crippen molar-refractivity contribution < 1.29 is 14.3 Å². The van der Waals surface area contributed by atoms with Gasteiger partial charge in [0.15, 0.2) is 0 Å². The summed E-state index contributed by atoms with van der Waals surface area (Å²) in [6, 6.07) is 14.1. The number of pyridine rings is 1. The number of anilines is 1. The summed E-state index contributed by atoms with van der Waals surface area (Å²) in [6.07, 6.45) is 5.17. The van der Waals surface area contributed by atoms with Gasteiger partial charge in [0, 0.05) is 15.8 Å². The summed E-state index contributed by atoms with van der Waals surface area (Å²) in [5, 5.41) is 0. The van der Waals surface area contributed by atoms with Gasteiger partial charge in [0.05, 0.1) is 12.7 Å². The first-order chi connectivity index (χ1) is 13.8. The van der Waals surface area contributed by atoms with Crippen LogP contribution in [0.15, 0.2) is 48.7 Å². The van der Waals surface area contributed by atoms with Crippen LogP contribution >= 0.6 is 22.6 Å². The zero-order valence-electron chi connectivity index (χ0n) is 17.3. The van der Waals surface area contributed by atoms with Gasteiger partial charge < -0.3 is 9.47 Å². The summed E-state index contributed by atoms with van der Waals surface area (Å²) in [4.78, 5) is 19.0. The van der Waals surface area contributed by atoms with Gasteiger partial charge in [-0.1, -0.05) is 18.2 Å². The molecule has 5 nitrogen and oxygen atoms in total. The van der Waals surface area contributed by atoms with Crippen molar-refractivity contribution in [1.82, 2.24) is 4.98 Å². The number of carbonyl (C=O) groups excluding carboxylic acids is 1. The number of amides is 1. The minimum atomic E-state index is -0.544. The third kappa shape index (κ3) is 6.67. The van der Waals surface area contributed by atoms with Crippen molar-refractivity contribution in [2.75, 3.05) is 4.90 Å². The van der Waals surface area contributed by atoms with E-state index in [1.54, 1.807) is 11.1 Å². The van der Waals surface area contributed by atoms with Crippen LogP contribution in [0.1, 0.15) is 52.0 Å². The first kappa shape index (κ1) is 22.0. The molecule has 0 N–H and O–H groups in total. The van der Waals surface area contributed by atoms with Gasteiger partial charge in [0.1, 0.15) is 11.4 Å². The second-order valence-corrected chi connectivity index (χ2v) is 9.65. The van der Waals surface area contributed by atoms with E-state index in [9.17, 15) is 4.79 Å². The normalized spacial score (nSPS) is 19.6. The van der Waals surface area contributed by atoms with Crippen LogP contribution in [0, 0.1) is 3.57 Å². The molecule has 2 aromatic rings. The van der Waals surface area contributed by atoms with Crippen molar-refractivity contribution in [2.24, 2.45) is 0 Å². The highest BCUT2D eigenvalue weighted by Gasteiger charge is 2.33. The van der Waals surface area contributed by atoms with Gasteiger partial charge in [-0.15, -0.1) is 0 Å². The molecule has 0 atom stereocenters. The largest absolute Gasteiger partial charge is 0.443 e. The molecule has 156 valence electrons. The van der Waals surface area contributed by atoms with Crippen molar-refractivity contribution in [1.29, 1.82) is 0 Å². The first-order valence-corrected chi connectivity index (χ1v) is 11.2. The highest BCUT2D eigenvalue weighted by molar-refractivity contribution is 14.1. The van der Waals surface area contributed by atoms with E-state index in [4.69, 9.17) is 9.47 Å². The maximum Gasteiger partial charge on any atom is 0.416 e. The molecule has 0 bridgehead atoms. The molecule has 0 saturated heterocycles. The van der Waals surface area contributed by atoms with Crippen molar-refractivity contribution in [2.45, 2.75) is 70.8 Å². The summed E-state index contributed by atoms with van der Waals surface area (Å²) in [6.45, 7) is 6.28. The Morgan fingerprint density at radius 3 is 2.38 bits per heavy atom.